The van der Waals surface area contributed by atoms with Crippen molar-refractivity contribution in [2.75, 3.05) is 13.1 Å². The number of aromatic nitrogens is 2. The normalized spacial score (nSPS) is 22.6. The lowest BCUT2D eigenvalue weighted by molar-refractivity contribution is -0.136. The van der Waals surface area contributed by atoms with Gasteiger partial charge in [-0.2, -0.15) is 0 Å². The zero-order chi connectivity index (χ0) is 16.6. The van der Waals surface area contributed by atoms with E-state index >= 15 is 0 Å². The van der Waals surface area contributed by atoms with Gasteiger partial charge in [-0.1, -0.05) is 19.9 Å². The molecule has 0 aliphatic carbocycles. The fourth-order valence-electron chi connectivity index (χ4n) is 3.83. The van der Waals surface area contributed by atoms with Crippen LogP contribution in [0, 0.1) is 18.8 Å². The summed E-state index contributed by atoms with van der Waals surface area (Å²) in [7, 11) is 0. The molecule has 23 heavy (non-hydrogen) atoms. The molecule has 3 heterocycles. The van der Waals surface area contributed by atoms with Crippen LogP contribution < -0.4 is 0 Å². The van der Waals surface area contributed by atoms with Gasteiger partial charge in [0.05, 0.1) is 17.8 Å². The third-order valence-corrected chi connectivity index (χ3v) is 4.58. The van der Waals surface area contributed by atoms with E-state index < -0.39 is 5.97 Å². The number of carboxylic acid groups (broad SMARTS) is 1. The Morgan fingerprint density at radius 1 is 1.30 bits per heavy atom. The first kappa shape index (κ1) is 16.0. The number of hydrogen-bond donors (Lipinski definition) is 1. The van der Waals surface area contributed by atoms with E-state index in [1.807, 2.05) is 19.1 Å². The third-order valence-electron chi connectivity index (χ3n) is 4.58. The average Bonchev–Trinajstić information content (AvgIpc) is 2.74. The lowest BCUT2D eigenvalue weighted by Gasteiger charge is -2.34. The van der Waals surface area contributed by atoms with Crippen LogP contribution in [0.1, 0.15) is 37.2 Å². The van der Waals surface area contributed by atoms with Crippen LogP contribution in [0.4, 0.5) is 0 Å². The van der Waals surface area contributed by atoms with Gasteiger partial charge in [0.1, 0.15) is 5.65 Å². The molecule has 1 aliphatic rings. The molecular formula is C18H25N3O2. The van der Waals surface area contributed by atoms with E-state index in [9.17, 15) is 9.90 Å². The molecule has 1 aliphatic heterocycles. The van der Waals surface area contributed by atoms with Crippen LogP contribution in [0.15, 0.2) is 18.3 Å². The van der Waals surface area contributed by atoms with Gasteiger partial charge in [0.25, 0.3) is 0 Å². The van der Waals surface area contributed by atoms with Crippen molar-refractivity contribution in [3.05, 3.63) is 35.3 Å². The van der Waals surface area contributed by atoms with Gasteiger partial charge in [0, 0.05) is 25.8 Å². The summed E-state index contributed by atoms with van der Waals surface area (Å²) in [4.78, 5) is 18.2. The summed E-state index contributed by atoms with van der Waals surface area (Å²) >= 11 is 0. The maximum absolute atomic E-state index is 11.2. The van der Waals surface area contributed by atoms with Crippen molar-refractivity contribution in [1.29, 1.82) is 0 Å². The number of nitrogens with zero attached hydrogens (tertiary/aromatic N) is 3. The molecule has 5 heteroatoms. The predicted octanol–water partition coefficient (Wildman–Crippen LogP) is 2.75. The van der Waals surface area contributed by atoms with Crippen LogP contribution >= 0.6 is 0 Å². The highest BCUT2D eigenvalue weighted by Crippen LogP contribution is 2.24. The lowest BCUT2D eigenvalue weighted by atomic mass is 9.92. The molecule has 2 atom stereocenters. The highest BCUT2D eigenvalue weighted by atomic mass is 16.4. The molecule has 0 spiro atoms. The minimum atomic E-state index is -0.827. The summed E-state index contributed by atoms with van der Waals surface area (Å²) < 4.78 is 2.07. The Morgan fingerprint density at radius 3 is 2.65 bits per heavy atom. The zero-order valence-electron chi connectivity index (χ0n) is 14.1. The maximum atomic E-state index is 11.2. The molecule has 3 rings (SSSR count). The molecule has 2 unspecified atom stereocenters. The summed E-state index contributed by atoms with van der Waals surface area (Å²) in [6, 6.07) is 3.98. The van der Waals surface area contributed by atoms with Crippen molar-refractivity contribution in [2.45, 2.75) is 40.2 Å². The minimum absolute atomic E-state index is 0.0188. The van der Waals surface area contributed by atoms with Gasteiger partial charge in [0.15, 0.2) is 0 Å². The van der Waals surface area contributed by atoms with E-state index in [0.29, 0.717) is 17.5 Å². The summed E-state index contributed by atoms with van der Waals surface area (Å²) in [5, 5.41) is 9.20. The van der Waals surface area contributed by atoms with Gasteiger partial charge < -0.3 is 9.51 Å². The van der Waals surface area contributed by atoms with Gasteiger partial charge in [-0.05, 0) is 36.8 Å². The Kier molecular flexibility index (Phi) is 4.39. The largest absolute Gasteiger partial charge is 0.481 e. The first-order chi connectivity index (χ1) is 10.9. The number of pyridine rings is 1. The topological polar surface area (TPSA) is 57.8 Å². The number of piperidine rings is 1. The molecule has 124 valence electrons. The molecule has 1 fully saturated rings. The molecule has 1 saturated heterocycles. The monoisotopic (exact) mass is 315 g/mol. The molecular weight excluding hydrogens is 290 g/mol. The Labute approximate surface area is 136 Å². The number of carboxylic acids is 1. The number of likely N-dealkylation sites (tertiary alicyclic amines) is 1. The van der Waals surface area contributed by atoms with Gasteiger partial charge >= 0.3 is 5.97 Å². The minimum Gasteiger partial charge on any atom is -0.481 e. The lowest BCUT2D eigenvalue weighted by Crippen LogP contribution is -2.38. The number of aliphatic carboxylic acids is 1. The summed E-state index contributed by atoms with van der Waals surface area (Å²) in [5.74, 6) is 0.539. The Balaban J connectivity index is 1.96. The Morgan fingerprint density at radius 2 is 2.00 bits per heavy atom. The standard InChI is InChI=1S/C18H25N3O2/c1-12-4-5-17-19-15(7-18(22)23)16(21(17)10-12)11-20-8-13(2)6-14(3)9-20/h4-5,10,13-14H,6-9,11H2,1-3H3,(H,22,23). The molecule has 0 bridgehead atoms. The number of fused-ring (bicyclic) bond motifs is 1. The summed E-state index contributed by atoms with van der Waals surface area (Å²) in [6.45, 7) is 9.53. The number of carbonyl (C=O) groups is 1. The summed E-state index contributed by atoms with van der Waals surface area (Å²) in [6.07, 6.45) is 3.31. The van der Waals surface area contributed by atoms with Crippen molar-refractivity contribution >= 4 is 11.6 Å². The molecule has 1 N–H and O–H groups in total. The Hall–Kier alpha value is -1.88. The fourth-order valence-corrected chi connectivity index (χ4v) is 3.83. The number of hydrogen-bond acceptors (Lipinski definition) is 3. The highest BCUT2D eigenvalue weighted by Gasteiger charge is 2.24. The van der Waals surface area contributed by atoms with Crippen LogP contribution in [0.2, 0.25) is 0 Å². The number of aryl methyl sites for hydroxylation is 1. The molecule has 2 aromatic rings. The molecule has 0 amide bonds. The molecule has 0 radical (unpaired) electrons. The van der Waals surface area contributed by atoms with Crippen LogP contribution in [0.25, 0.3) is 5.65 Å². The van der Waals surface area contributed by atoms with E-state index in [1.54, 1.807) is 0 Å². The van der Waals surface area contributed by atoms with Crippen LogP contribution in [-0.4, -0.2) is 38.4 Å². The van der Waals surface area contributed by atoms with Crippen LogP contribution in [0.3, 0.4) is 0 Å². The smallest absolute Gasteiger partial charge is 0.309 e. The Bertz CT molecular complexity index is 712. The molecule has 2 aromatic heterocycles. The first-order valence-corrected chi connectivity index (χ1v) is 8.33. The van der Waals surface area contributed by atoms with E-state index in [2.05, 4.69) is 34.3 Å². The number of rotatable bonds is 4. The second-order valence-electron chi connectivity index (χ2n) is 7.15. The average molecular weight is 315 g/mol. The second-order valence-corrected chi connectivity index (χ2v) is 7.15. The van der Waals surface area contributed by atoms with Gasteiger partial charge in [-0.15, -0.1) is 0 Å². The highest BCUT2D eigenvalue weighted by molar-refractivity contribution is 5.70. The zero-order valence-corrected chi connectivity index (χ0v) is 14.1. The first-order valence-electron chi connectivity index (χ1n) is 8.33. The van der Waals surface area contributed by atoms with Crippen molar-refractivity contribution in [3.63, 3.8) is 0 Å². The third kappa shape index (κ3) is 3.55. The predicted molar refractivity (Wildman–Crippen MR) is 89.5 cm³/mol. The quantitative estimate of drug-likeness (QED) is 0.942. The SMILES string of the molecule is Cc1ccc2nc(CC(=O)O)c(CN3CC(C)CC(C)C3)n2c1. The van der Waals surface area contributed by atoms with E-state index in [0.717, 1.165) is 36.5 Å². The van der Waals surface area contributed by atoms with Crippen LogP contribution in [0.5, 0.6) is 0 Å². The molecule has 0 saturated carbocycles. The van der Waals surface area contributed by atoms with E-state index in [-0.39, 0.29) is 6.42 Å². The van der Waals surface area contributed by atoms with Crippen molar-refractivity contribution < 1.29 is 9.90 Å². The second kappa shape index (κ2) is 6.32. The maximum Gasteiger partial charge on any atom is 0.309 e. The fraction of sp³-hybridized carbons (Fsp3) is 0.556. The summed E-state index contributed by atoms with van der Waals surface area (Å²) in [5.41, 5.74) is 3.69. The van der Waals surface area contributed by atoms with Crippen molar-refractivity contribution in [3.8, 4) is 0 Å². The van der Waals surface area contributed by atoms with Gasteiger partial charge in [-0.25, -0.2) is 4.98 Å². The van der Waals surface area contributed by atoms with Crippen molar-refractivity contribution in [2.24, 2.45) is 11.8 Å². The van der Waals surface area contributed by atoms with Gasteiger partial charge in [0.2, 0.25) is 0 Å². The number of imidazole rings is 1. The molecule has 5 nitrogen and oxygen atoms in total. The van der Waals surface area contributed by atoms with Crippen LogP contribution in [-0.2, 0) is 17.8 Å². The van der Waals surface area contributed by atoms with E-state index in [1.165, 1.54) is 6.42 Å². The van der Waals surface area contributed by atoms with Crippen molar-refractivity contribution in [1.82, 2.24) is 14.3 Å². The molecule has 0 aromatic carbocycles. The van der Waals surface area contributed by atoms with E-state index in [4.69, 9.17) is 0 Å². The van der Waals surface area contributed by atoms with Gasteiger partial charge in [-0.3, -0.25) is 9.69 Å².